The zero-order chi connectivity index (χ0) is 18.3. The first-order chi connectivity index (χ1) is 13.4. The number of benzene rings is 1. The Labute approximate surface area is 163 Å². The molecule has 0 N–H and O–H groups in total. The molecule has 27 heavy (non-hydrogen) atoms. The van der Waals surface area contributed by atoms with Crippen molar-refractivity contribution in [2.75, 3.05) is 26.2 Å². The molecule has 4 rings (SSSR count). The third kappa shape index (κ3) is 5.38. The summed E-state index contributed by atoms with van der Waals surface area (Å²) in [6.45, 7) is 6.55. The van der Waals surface area contributed by atoms with Crippen LogP contribution in [0.25, 0.3) is 0 Å². The van der Waals surface area contributed by atoms with Gasteiger partial charge in [0.05, 0.1) is 12.7 Å². The molecular formula is C23H31N3O. The highest BCUT2D eigenvalue weighted by Gasteiger charge is 2.28. The number of rotatable bonds is 7. The van der Waals surface area contributed by atoms with Gasteiger partial charge in [-0.25, -0.2) is 0 Å². The van der Waals surface area contributed by atoms with E-state index in [1.54, 1.807) is 0 Å². The van der Waals surface area contributed by atoms with Crippen LogP contribution in [0.3, 0.4) is 0 Å². The molecule has 0 amide bonds. The summed E-state index contributed by atoms with van der Waals surface area (Å²) in [7, 11) is 0. The van der Waals surface area contributed by atoms with Crippen molar-refractivity contribution in [2.24, 2.45) is 0 Å². The second kappa shape index (κ2) is 9.45. The van der Waals surface area contributed by atoms with Crippen molar-refractivity contribution >= 4 is 0 Å². The van der Waals surface area contributed by atoms with Gasteiger partial charge in [-0.05, 0) is 49.4 Å². The quantitative estimate of drug-likeness (QED) is 0.748. The van der Waals surface area contributed by atoms with Gasteiger partial charge >= 0.3 is 0 Å². The Kier molecular flexibility index (Phi) is 6.51. The zero-order valence-electron chi connectivity index (χ0n) is 16.2. The number of hydrogen-bond donors (Lipinski definition) is 0. The Bertz CT molecular complexity index is 671. The zero-order valence-corrected chi connectivity index (χ0v) is 16.2. The summed E-state index contributed by atoms with van der Waals surface area (Å²) in [5.41, 5.74) is 2.61. The van der Waals surface area contributed by atoms with E-state index in [1.165, 1.54) is 37.1 Å². The summed E-state index contributed by atoms with van der Waals surface area (Å²) >= 11 is 0. The second-order valence-electron chi connectivity index (χ2n) is 7.92. The molecule has 3 heterocycles. The van der Waals surface area contributed by atoms with E-state index in [-0.39, 0.29) is 0 Å². The SMILES string of the molecule is c1ccc(CN2CCC[C@@H]2CN2CCC(OCc3cccnc3)CC2)cc1. The smallest absolute Gasteiger partial charge is 0.0735 e. The average Bonchev–Trinajstić information content (AvgIpc) is 3.15. The van der Waals surface area contributed by atoms with Crippen molar-refractivity contribution in [3.05, 3.63) is 66.0 Å². The molecule has 4 nitrogen and oxygen atoms in total. The van der Waals surface area contributed by atoms with Crippen LogP contribution < -0.4 is 0 Å². The Morgan fingerprint density at radius 1 is 0.926 bits per heavy atom. The van der Waals surface area contributed by atoms with Gasteiger partial charge in [-0.2, -0.15) is 0 Å². The van der Waals surface area contributed by atoms with E-state index >= 15 is 0 Å². The first kappa shape index (κ1) is 18.6. The van der Waals surface area contributed by atoms with Crippen molar-refractivity contribution in [3.8, 4) is 0 Å². The molecule has 2 aliphatic rings. The van der Waals surface area contributed by atoms with E-state index in [0.717, 1.165) is 32.5 Å². The van der Waals surface area contributed by atoms with Crippen molar-refractivity contribution in [1.29, 1.82) is 0 Å². The summed E-state index contributed by atoms with van der Waals surface area (Å²) < 4.78 is 6.11. The molecular weight excluding hydrogens is 334 g/mol. The molecule has 0 radical (unpaired) electrons. The monoisotopic (exact) mass is 365 g/mol. The lowest BCUT2D eigenvalue weighted by Crippen LogP contribution is -2.44. The number of piperidine rings is 1. The highest BCUT2D eigenvalue weighted by Crippen LogP contribution is 2.23. The van der Waals surface area contributed by atoms with Crippen LogP contribution in [0.15, 0.2) is 54.9 Å². The van der Waals surface area contributed by atoms with E-state index in [1.807, 2.05) is 18.5 Å². The van der Waals surface area contributed by atoms with Gasteiger partial charge in [0.25, 0.3) is 0 Å². The number of nitrogens with zero attached hydrogens (tertiary/aromatic N) is 3. The largest absolute Gasteiger partial charge is 0.373 e. The Morgan fingerprint density at radius 2 is 1.74 bits per heavy atom. The van der Waals surface area contributed by atoms with Gasteiger partial charge in [-0.3, -0.25) is 9.88 Å². The highest BCUT2D eigenvalue weighted by molar-refractivity contribution is 5.15. The molecule has 144 valence electrons. The van der Waals surface area contributed by atoms with Crippen LogP contribution in [0.1, 0.15) is 36.8 Å². The van der Waals surface area contributed by atoms with Gasteiger partial charge in [-0.1, -0.05) is 36.4 Å². The van der Waals surface area contributed by atoms with Gasteiger partial charge in [0.15, 0.2) is 0 Å². The summed E-state index contributed by atoms with van der Waals surface area (Å²) in [6, 6.07) is 15.7. The lowest BCUT2D eigenvalue weighted by atomic mass is 10.1. The molecule has 0 spiro atoms. The van der Waals surface area contributed by atoms with Crippen LogP contribution >= 0.6 is 0 Å². The first-order valence-corrected chi connectivity index (χ1v) is 10.4. The van der Waals surface area contributed by atoms with Crippen LogP contribution in [-0.4, -0.2) is 53.1 Å². The van der Waals surface area contributed by atoms with Crippen molar-refractivity contribution in [1.82, 2.24) is 14.8 Å². The summed E-state index contributed by atoms with van der Waals surface area (Å²) in [4.78, 5) is 9.49. The van der Waals surface area contributed by atoms with E-state index in [9.17, 15) is 0 Å². The molecule has 0 saturated carbocycles. The highest BCUT2D eigenvalue weighted by atomic mass is 16.5. The predicted octanol–water partition coefficient (Wildman–Crippen LogP) is 3.73. The molecule has 2 aromatic rings. The molecule has 2 fully saturated rings. The predicted molar refractivity (Wildman–Crippen MR) is 108 cm³/mol. The van der Waals surface area contributed by atoms with E-state index < -0.39 is 0 Å². The molecule has 1 atom stereocenters. The lowest BCUT2D eigenvalue weighted by molar-refractivity contribution is -0.00645. The fourth-order valence-corrected chi connectivity index (χ4v) is 4.38. The molecule has 4 heteroatoms. The van der Waals surface area contributed by atoms with Gasteiger partial charge in [0, 0.05) is 44.6 Å². The van der Waals surface area contributed by atoms with Crippen molar-refractivity contribution in [3.63, 3.8) is 0 Å². The van der Waals surface area contributed by atoms with Crippen LogP contribution in [0, 0.1) is 0 Å². The van der Waals surface area contributed by atoms with E-state index in [4.69, 9.17) is 4.74 Å². The average molecular weight is 366 g/mol. The lowest BCUT2D eigenvalue weighted by Gasteiger charge is -2.35. The molecule has 2 saturated heterocycles. The van der Waals surface area contributed by atoms with Gasteiger partial charge in [-0.15, -0.1) is 0 Å². The maximum absolute atomic E-state index is 6.11. The molecule has 0 unspecified atom stereocenters. The maximum Gasteiger partial charge on any atom is 0.0735 e. The van der Waals surface area contributed by atoms with Gasteiger partial charge in [0.1, 0.15) is 0 Å². The fourth-order valence-electron chi connectivity index (χ4n) is 4.38. The Balaban J connectivity index is 1.20. The van der Waals surface area contributed by atoms with E-state index in [2.05, 4.69) is 51.2 Å². The van der Waals surface area contributed by atoms with Crippen LogP contribution in [0.5, 0.6) is 0 Å². The fraction of sp³-hybridized carbons (Fsp3) is 0.522. The number of hydrogen-bond acceptors (Lipinski definition) is 4. The summed E-state index contributed by atoms with van der Waals surface area (Å²) in [6.07, 6.45) is 9.07. The first-order valence-electron chi connectivity index (χ1n) is 10.4. The van der Waals surface area contributed by atoms with E-state index in [0.29, 0.717) is 18.8 Å². The molecule has 1 aromatic carbocycles. The van der Waals surface area contributed by atoms with Crippen molar-refractivity contribution < 1.29 is 4.74 Å². The Morgan fingerprint density at radius 3 is 2.52 bits per heavy atom. The topological polar surface area (TPSA) is 28.6 Å². The molecule has 0 aliphatic carbocycles. The number of likely N-dealkylation sites (tertiary alicyclic amines) is 2. The van der Waals surface area contributed by atoms with Gasteiger partial charge in [0.2, 0.25) is 0 Å². The van der Waals surface area contributed by atoms with Gasteiger partial charge < -0.3 is 9.64 Å². The standard InChI is InChI=1S/C23H31N3O/c1-2-6-20(7-3-1)17-26-13-5-9-22(26)18-25-14-10-23(11-15-25)27-19-21-8-4-12-24-16-21/h1-4,6-8,12,16,22-23H,5,9-11,13-15,17-19H2/t22-/m1/s1. The molecule has 1 aromatic heterocycles. The molecule has 0 bridgehead atoms. The minimum atomic E-state index is 0.394. The van der Waals surface area contributed by atoms with Crippen LogP contribution in [0.4, 0.5) is 0 Å². The number of ether oxygens (including phenoxy) is 1. The van der Waals surface area contributed by atoms with Crippen molar-refractivity contribution in [2.45, 2.75) is 51.0 Å². The normalized spacial score (nSPS) is 22.3. The minimum Gasteiger partial charge on any atom is -0.373 e. The second-order valence-corrected chi connectivity index (χ2v) is 7.92. The third-order valence-corrected chi connectivity index (χ3v) is 5.94. The maximum atomic E-state index is 6.11. The third-order valence-electron chi connectivity index (χ3n) is 5.94. The van der Waals surface area contributed by atoms with Crippen LogP contribution in [0.2, 0.25) is 0 Å². The number of pyridine rings is 1. The van der Waals surface area contributed by atoms with Crippen LogP contribution in [-0.2, 0) is 17.9 Å². The summed E-state index contributed by atoms with van der Waals surface area (Å²) in [5.74, 6) is 0. The molecule has 2 aliphatic heterocycles. The summed E-state index contributed by atoms with van der Waals surface area (Å²) in [5, 5.41) is 0. The Hall–Kier alpha value is -1.75. The minimum absolute atomic E-state index is 0.394. The number of aromatic nitrogens is 1.